The lowest BCUT2D eigenvalue weighted by atomic mass is 9.64. The van der Waals surface area contributed by atoms with E-state index in [9.17, 15) is 9.90 Å². The summed E-state index contributed by atoms with van der Waals surface area (Å²) in [5, 5.41) is 11.5. The van der Waals surface area contributed by atoms with Crippen LogP contribution in [-0.4, -0.2) is 10.9 Å². The van der Waals surface area contributed by atoms with Crippen molar-refractivity contribution in [2.75, 3.05) is 0 Å². The first-order valence-corrected chi connectivity index (χ1v) is 7.35. The van der Waals surface area contributed by atoms with Gasteiger partial charge in [-0.15, -0.1) is 0 Å². The summed E-state index contributed by atoms with van der Waals surface area (Å²) in [5.74, 6) is -0.313. The van der Waals surface area contributed by atoms with E-state index in [0.29, 0.717) is 11.1 Å². The van der Waals surface area contributed by atoms with Crippen LogP contribution in [0.25, 0.3) is 0 Å². The molecule has 0 aliphatic heterocycles. The Morgan fingerprint density at radius 1 is 0.955 bits per heavy atom. The second-order valence-electron chi connectivity index (χ2n) is 6.18. The quantitative estimate of drug-likeness (QED) is 0.657. The summed E-state index contributed by atoms with van der Waals surface area (Å²) in [6.45, 7) is 9.52. The summed E-state index contributed by atoms with van der Waals surface area (Å²) in [6, 6.07) is 18.0. The van der Waals surface area contributed by atoms with E-state index in [1.165, 1.54) is 0 Å². The maximum atomic E-state index is 13.1. The number of hydrogen-bond acceptors (Lipinski definition) is 2. The molecule has 0 radical (unpaired) electrons. The standard InChI is InChI=1S/C20H22O2/c1-15(2)19(3,4)20(22,17-13-9-6-10-14-17)18(21)16-11-7-5-8-12-16/h5-14,22H,1H2,2-4H3. The zero-order chi connectivity index (χ0) is 16.4. The van der Waals surface area contributed by atoms with Crippen molar-refractivity contribution in [3.05, 3.63) is 83.9 Å². The zero-order valence-electron chi connectivity index (χ0n) is 13.3. The van der Waals surface area contributed by atoms with E-state index >= 15 is 0 Å². The van der Waals surface area contributed by atoms with Crippen LogP contribution in [0.15, 0.2) is 72.8 Å². The molecule has 0 amide bonds. The zero-order valence-corrected chi connectivity index (χ0v) is 13.3. The second kappa shape index (κ2) is 5.90. The van der Waals surface area contributed by atoms with Gasteiger partial charge in [-0.05, 0) is 12.5 Å². The van der Waals surface area contributed by atoms with Gasteiger partial charge in [-0.25, -0.2) is 0 Å². The van der Waals surface area contributed by atoms with Crippen molar-refractivity contribution in [2.45, 2.75) is 26.4 Å². The minimum absolute atomic E-state index is 0.313. The average Bonchev–Trinajstić information content (AvgIpc) is 2.54. The third-order valence-corrected chi connectivity index (χ3v) is 4.53. The van der Waals surface area contributed by atoms with Crippen LogP contribution >= 0.6 is 0 Å². The van der Waals surface area contributed by atoms with Gasteiger partial charge in [0.15, 0.2) is 11.4 Å². The molecule has 0 heterocycles. The van der Waals surface area contributed by atoms with Gasteiger partial charge < -0.3 is 5.11 Å². The predicted octanol–water partition coefficient (Wildman–Crippen LogP) is 4.36. The molecule has 2 aromatic rings. The number of Topliss-reactive ketones (excluding diaryl/α,β-unsaturated/α-hetero) is 1. The molecule has 0 saturated carbocycles. The lowest BCUT2D eigenvalue weighted by Gasteiger charge is -2.42. The third kappa shape index (κ3) is 2.51. The summed E-state index contributed by atoms with van der Waals surface area (Å²) in [4.78, 5) is 13.1. The Morgan fingerprint density at radius 3 is 1.86 bits per heavy atom. The second-order valence-corrected chi connectivity index (χ2v) is 6.18. The van der Waals surface area contributed by atoms with Crippen molar-refractivity contribution in [2.24, 2.45) is 5.41 Å². The van der Waals surface area contributed by atoms with E-state index in [1.54, 1.807) is 36.4 Å². The molecule has 0 spiro atoms. The van der Waals surface area contributed by atoms with E-state index in [1.807, 2.05) is 45.0 Å². The Bertz CT molecular complexity index is 671. The Morgan fingerprint density at radius 2 is 1.41 bits per heavy atom. The smallest absolute Gasteiger partial charge is 0.199 e. The maximum Gasteiger partial charge on any atom is 0.199 e. The fourth-order valence-electron chi connectivity index (χ4n) is 2.56. The Kier molecular flexibility index (Phi) is 4.34. The highest BCUT2D eigenvalue weighted by molar-refractivity contribution is 6.03. The maximum absolute atomic E-state index is 13.1. The van der Waals surface area contributed by atoms with Crippen molar-refractivity contribution >= 4 is 5.78 Å². The van der Waals surface area contributed by atoms with Gasteiger partial charge in [0.25, 0.3) is 0 Å². The van der Waals surface area contributed by atoms with E-state index in [-0.39, 0.29) is 5.78 Å². The van der Waals surface area contributed by atoms with Gasteiger partial charge >= 0.3 is 0 Å². The topological polar surface area (TPSA) is 37.3 Å². The van der Waals surface area contributed by atoms with Gasteiger partial charge in [-0.2, -0.15) is 0 Å². The van der Waals surface area contributed by atoms with Crippen molar-refractivity contribution in [1.82, 2.24) is 0 Å². The van der Waals surface area contributed by atoms with Crippen LogP contribution in [0.1, 0.15) is 36.7 Å². The molecule has 2 aromatic carbocycles. The van der Waals surface area contributed by atoms with E-state index in [4.69, 9.17) is 0 Å². The molecule has 2 rings (SSSR count). The van der Waals surface area contributed by atoms with E-state index < -0.39 is 11.0 Å². The van der Waals surface area contributed by atoms with Crippen molar-refractivity contribution in [3.8, 4) is 0 Å². The monoisotopic (exact) mass is 294 g/mol. The van der Waals surface area contributed by atoms with Gasteiger partial charge in [-0.1, -0.05) is 86.7 Å². The molecular weight excluding hydrogens is 272 g/mol. The Labute approximate surface area is 132 Å². The lowest BCUT2D eigenvalue weighted by Crippen LogP contribution is -2.49. The number of benzene rings is 2. The van der Waals surface area contributed by atoms with Crippen LogP contribution in [0, 0.1) is 5.41 Å². The molecular formula is C20H22O2. The molecule has 1 N–H and O–H groups in total. The Balaban J connectivity index is 2.67. The first kappa shape index (κ1) is 16.2. The molecule has 2 nitrogen and oxygen atoms in total. The molecule has 0 bridgehead atoms. The predicted molar refractivity (Wildman–Crippen MR) is 89.7 cm³/mol. The Hall–Kier alpha value is -2.19. The fourth-order valence-corrected chi connectivity index (χ4v) is 2.56. The summed E-state index contributed by atoms with van der Waals surface area (Å²) < 4.78 is 0. The van der Waals surface area contributed by atoms with Crippen LogP contribution in [-0.2, 0) is 5.60 Å². The fraction of sp³-hybridized carbons (Fsp3) is 0.250. The first-order valence-electron chi connectivity index (χ1n) is 7.35. The number of hydrogen-bond donors (Lipinski definition) is 1. The third-order valence-electron chi connectivity index (χ3n) is 4.53. The van der Waals surface area contributed by atoms with Gasteiger partial charge in [0.1, 0.15) is 0 Å². The first-order chi connectivity index (χ1) is 10.3. The number of aliphatic hydroxyl groups is 1. The molecule has 0 aliphatic rings. The molecule has 2 heteroatoms. The van der Waals surface area contributed by atoms with Crippen molar-refractivity contribution in [1.29, 1.82) is 0 Å². The summed E-state index contributed by atoms with van der Waals surface area (Å²) in [7, 11) is 0. The summed E-state index contributed by atoms with van der Waals surface area (Å²) >= 11 is 0. The van der Waals surface area contributed by atoms with Crippen molar-refractivity contribution < 1.29 is 9.90 Å². The van der Waals surface area contributed by atoms with Gasteiger partial charge in [-0.3, -0.25) is 4.79 Å². The molecule has 0 fully saturated rings. The van der Waals surface area contributed by atoms with Gasteiger partial charge in [0, 0.05) is 11.0 Å². The van der Waals surface area contributed by atoms with Gasteiger partial charge in [0.2, 0.25) is 0 Å². The number of ketones is 1. The van der Waals surface area contributed by atoms with Crippen LogP contribution < -0.4 is 0 Å². The summed E-state index contributed by atoms with van der Waals surface area (Å²) in [5.41, 5.74) is -0.647. The van der Waals surface area contributed by atoms with E-state index in [0.717, 1.165) is 5.57 Å². The molecule has 1 atom stereocenters. The number of rotatable bonds is 5. The molecule has 1 unspecified atom stereocenters. The molecule has 22 heavy (non-hydrogen) atoms. The highest BCUT2D eigenvalue weighted by Gasteiger charge is 2.51. The minimum Gasteiger partial charge on any atom is -0.376 e. The van der Waals surface area contributed by atoms with Crippen LogP contribution in [0.5, 0.6) is 0 Å². The highest BCUT2D eigenvalue weighted by atomic mass is 16.3. The summed E-state index contributed by atoms with van der Waals surface area (Å²) in [6.07, 6.45) is 0. The lowest BCUT2D eigenvalue weighted by molar-refractivity contribution is -0.0290. The van der Waals surface area contributed by atoms with Crippen molar-refractivity contribution in [3.63, 3.8) is 0 Å². The molecule has 0 saturated heterocycles. The van der Waals surface area contributed by atoms with Crippen LogP contribution in [0.3, 0.4) is 0 Å². The van der Waals surface area contributed by atoms with E-state index in [2.05, 4.69) is 6.58 Å². The van der Waals surface area contributed by atoms with Crippen LogP contribution in [0.4, 0.5) is 0 Å². The SMILES string of the molecule is C=C(C)C(C)(C)C(O)(C(=O)c1ccccc1)c1ccccc1. The largest absolute Gasteiger partial charge is 0.376 e. The highest BCUT2D eigenvalue weighted by Crippen LogP contribution is 2.46. The number of carbonyl (C=O) groups excluding carboxylic acids is 1. The van der Waals surface area contributed by atoms with Crippen LogP contribution in [0.2, 0.25) is 0 Å². The normalized spacial score (nSPS) is 14.2. The number of carbonyl (C=O) groups is 1. The minimum atomic E-state index is -1.67. The molecule has 0 aromatic heterocycles. The molecule has 114 valence electrons. The van der Waals surface area contributed by atoms with Gasteiger partial charge in [0.05, 0.1) is 0 Å². The molecule has 0 aliphatic carbocycles. The average molecular weight is 294 g/mol.